The summed E-state index contributed by atoms with van der Waals surface area (Å²) in [5, 5.41) is 18.8. The number of nitrogens with zero attached hydrogens (tertiary/aromatic N) is 1. The molecule has 1 heterocycles. The average molecular weight is 273 g/mol. The second-order valence-corrected chi connectivity index (χ2v) is 4.97. The molecule has 1 atom stereocenters. The Morgan fingerprint density at radius 1 is 1.30 bits per heavy atom. The van der Waals surface area contributed by atoms with Gasteiger partial charge in [0.05, 0.1) is 5.69 Å². The van der Waals surface area contributed by atoms with E-state index in [1.54, 1.807) is 25.1 Å². The molecular formula is C15H15NO4. The van der Waals surface area contributed by atoms with Crippen LogP contribution in [0.25, 0.3) is 0 Å². The highest BCUT2D eigenvalue weighted by Gasteiger charge is 2.43. The molecule has 1 aromatic rings. The molecule has 0 fully saturated rings. The van der Waals surface area contributed by atoms with Gasteiger partial charge < -0.3 is 10.2 Å². The SMILES string of the molecule is CC1=C(C(=O)O)CC(C(=O)O)(c2cc(C)ccn2)C=C1. The van der Waals surface area contributed by atoms with Crippen molar-refractivity contribution in [3.05, 3.63) is 52.9 Å². The number of aromatic nitrogens is 1. The molecule has 0 aliphatic heterocycles. The molecule has 0 amide bonds. The van der Waals surface area contributed by atoms with Crippen LogP contribution in [0.15, 0.2) is 41.6 Å². The fraction of sp³-hybridized carbons (Fsp3) is 0.267. The third-order valence-electron chi connectivity index (χ3n) is 3.56. The van der Waals surface area contributed by atoms with Gasteiger partial charge in [0.15, 0.2) is 0 Å². The number of carboxylic acid groups (broad SMARTS) is 2. The third kappa shape index (κ3) is 2.22. The van der Waals surface area contributed by atoms with Crippen molar-refractivity contribution in [3.8, 4) is 0 Å². The lowest BCUT2D eigenvalue weighted by Crippen LogP contribution is -2.38. The number of pyridine rings is 1. The summed E-state index contributed by atoms with van der Waals surface area (Å²) in [6.07, 6.45) is 4.51. The highest BCUT2D eigenvalue weighted by molar-refractivity contribution is 5.93. The number of hydrogen-bond donors (Lipinski definition) is 2. The molecule has 1 aromatic heterocycles. The minimum atomic E-state index is -1.42. The second kappa shape index (κ2) is 4.92. The smallest absolute Gasteiger partial charge is 0.331 e. The van der Waals surface area contributed by atoms with Gasteiger partial charge in [0.1, 0.15) is 5.41 Å². The number of rotatable bonds is 3. The number of carbonyl (C=O) groups is 2. The van der Waals surface area contributed by atoms with Gasteiger partial charge in [-0.15, -0.1) is 0 Å². The van der Waals surface area contributed by atoms with Crippen LogP contribution in [0, 0.1) is 6.92 Å². The number of hydrogen-bond acceptors (Lipinski definition) is 3. The van der Waals surface area contributed by atoms with Crippen molar-refractivity contribution >= 4 is 11.9 Å². The standard InChI is InChI=1S/C15H15NO4/c1-9-4-6-16-12(7-9)15(14(19)20)5-3-10(2)11(8-15)13(17)18/h3-7H,8H2,1-2H3,(H,17,18)(H,19,20). The summed E-state index contributed by atoms with van der Waals surface area (Å²) >= 11 is 0. The fourth-order valence-corrected chi connectivity index (χ4v) is 2.30. The minimum Gasteiger partial charge on any atom is -0.480 e. The molecule has 20 heavy (non-hydrogen) atoms. The molecule has 2 rings (SSSR count). The molecular weight excluding hydrogens is 258 g/mol. The van der Waals surface area contributed by atoms with Crippen molar-refractivity contribution < 1.29 is 19.8 Å². The largest absolute Gasteiger partial charge is 0.480 e. The van der Waals surface area contributed by atoms with Crippen LogP contribution in [0.5, 0.6) is 0 Å². The molecule has 5 heteroatoms. The van der Waals surface area contributed by atoms with Crippen molar-refractivity contribution in [2.24, 2.45) is 0 Å². The summed E-state index contributed by atoms with van der Waals surface area (Å²) < 4.78 is 0. The molecule has 0 saturated heterocycles. The van der Waals surface area contributed by atoms with Gasteiger partial charge in [0.2, 0.25) is 0 Å². The maximum absolute atomic E-state index is 11.8. The van der Waals surface area contributed by atoms with Crippen molar-refractivity contribution in [3.63, 3.8) is 0 Å². The van der Waals surface area contributed by atoms with Crippen molar-refractivity contribution in [1.29, 1.82) is 0 Å². The van der Waals surface area contributed by atoms with Crippen LogP contribution in [0.4, 0.5) is 0 Å². The Balaban J connectivity index is 2.58. The summed E-state index contributed by atoms with van der Waals surface area (Å²) in [5.74, 6) is -2.19. The first-order valence-corrected chi connectivity index (χ1v) is 6.15. The zero-order valence-corrected chi connectivity index (χ0v) is 11.3. The molecule has 2 N–H and O–H groups in total. The topological polar surface area (TPSA) is 87.5 Å². The van der Waals surface area contributed by atoms with Crippen LogP contribution in [0.3, 0.4) is 0 Å². The second-order valence-electron chi connectivity index (χ2n) is 4.97. The number of aliphatic carboxylic acids is 2. The van der Waals surface area contributed by atoms with Crippen LogP contribution in [0.1, 0.15) is 24.6 Å². The van der Waals surface area contributed by atoms with Crippen LogP contribution >= 0.6 is 0 Å². The van der Waals surface area contributed by atoms with Gasteiger partial charge in [-0.2, -0.15) is 0 Å². The summed E-state index contributed by atoms with van der Waals surface area (Å²) in [5.41, 5.74) is 0.499. The van der Waals surface area contributed by atoms with E-state index in [1.165, 1.54) is 12.3 Å². The molecule has 1 aliphatic carbocycles. The average Bonchev–Trinajstić information content (AvgIpc) is 2.38. The lowest BCUT2D eigenvalue weighted by Gasteiger charge is -2.29. The fourth-order valence-electron chi connectivity index (χ4n) is 2.30. The molecule has 0 radical (unpaired) electrons. The monoisotopic (exact) mass is 273 g/mol. The normalized spacial score (nSPS) is 21.9. The molecule has 0 spiro atoms. The first-order chi connectivity index (χ1) is 9.36. The van der Waals surface area contributed by atoms with Gasteiger partial charge >= 0.3 is 11.9 Å². The van der Waals surface area contributed by atoms with E-state index in [1.807, 2.05) is 6.92 Å². The van der Waals surface area contributed by atoms with Crippen molar-refractivity contribution in [1.82, 2.24) is 4.98 Å². The van der Waals surface area contributed by atoms with Crippen LogP contribution in [-0.2, 0) is 15.0 Å². The molecule has 104 valence electrons. The highest BCUT2D eigenvalue weighted by atomic mass is 16.4. The van der Waals surface area contributed by atoms with Crippen LogP contribution < -0.4 is 0 Å². The first-order valence-electron chi connectivity index (χ1n) is 6.15. The number of aryl methyl sites for hydroxylation is 1. The lowest BCUT2D eigenvalue weighted by molar-refractivity contribution is -0.142. The molecule has 5 nitrogen and oxygen atoms in total. The quantitative estimate of drug-likeness (QED) is 0.880. The zero-order chi connectivity index (χ0) is 14.9. The van der Waals surface area contributed by atoms with Gasteiger partial charge in [-0.05, 0) is 37.1 Å². The van der Waals surface area contributed by atoms with Crippen LogP contribution in [-0.4, -0.2) is 27.1 Å². The zero-order valence-electron chi connectivity index (χ0n) is 11.3. The first kappa shape index (κ1) is 14.0. The van der Waals surface area contributed by atoms with E-state index >= 15 is 0 Å². The molecule has 0 aromatic carbocycles. The van der Waals surface area contributed by atoms with Gasteiger partial charge in [-0.1, -0.05) is 12.2 Å². The Labute approximate surface area is 116 Å². The summed E-state index contributed by atoms with van der Waals surface area (Å²) in [4.78, 5) is 27.2. The lowest BCUT2D eigenvalue weighted by atomic mass is 9.73. The molecule has 0 saturated carbocycles. The number of carboxylic acids is 2. The predicted molar refractivity (Wildman–Crippen MR) is 72.4 cm³/mol. The van der Waals surface area contributed by atoms with Gasteiger partial charge in [0.25, 0.3) is 0 Å². The van der Waals surface area contributed by atoms with E-state index in [0.717, 1.165) is 5.56 Å². The summed E-state index contributed by atoms with van der Waals surface area (Å²) in [6, 6.07) is 3.45. The Hall–Kier alpha value is -2.43. The number of allylic oxidation sites excluding steroid dienone is 2. The maximum Gasteiger partial charge on any atom is 0.331 e. The molecule has 0 bridgehead atoms. The Morgan fingerprint density at radius 3 is 2.55 bits per heavy atom. The maximum atomic E-state index is 11.8. The van der Waals surface area contributed by atoms with E-state index in [-0.39, 0.29) is 12.0 Å². The van der Waals surface area contributed by atoms with Gasteiger partial charge in [-0.25, -0.2) is 4.79 Å². The van der Waals surface area contributed by atoms with E-state index in [9.17, 15) is 19.8 Å². The molecule has 1 unspecified atom stereocenters. The van der Waals surface area contributed by atoms with Crippen LogP contribution in [0.2, 0.25) is 0 Å². The van der Waals surface area contributed by atoms with E-state index < -0.39 is 17.4 Å². The van der Waals surface area contributed by atoms with Gasteiger partial charge in [0, 0.05) is 18.2 Å². The Morgan fingerprint density at radius 2 is 2.00 bits per heavy atom. The Kier molecular flexibility index (Phi) is 3.44. The molecule has 1 aliphatic rings. The van der Waals surface area contributed by atoms with E-state index in [2.05, 4.69) is 4.98 Å². The minimum absolute atomic E-state index is 0.101. The Bertz CT molecular complexity index is 645. The predicted octanol–water partition coefficient (Wildman–Crippen LogP) is 2.07. The summed E-state index contributed by atoms with van der Waals surface area (Å²) in [7, 11) is 0. The van der Waals surface area contributed by atoms with Crippen molar-refractivity contribution in [2.45, 2.75) is 25.7 Å². The van der Waals surface area contributed by atoms with Gasteiger partial charge in [-0.3, -0.25) is 9.78 Å². The third-order valence-corrected chi connectivity index (χ3v) is 3.56. The summed E-state index contributed by atoms with van der Waals surface area (Å²) in [6.45, 7) is 3.50. The van der Waals surface area contributed by atoms with Crippen molar-refractivity contribution in [2.75, 3.05) is 0 Å². The van der Waals surface area contributed by atoms with E-state index in [4.69, 9.17) is 0 Å². The highest BCUT2D eigenvalue weighted by Crippen LogP contribution is 2.37. The van der Waals surface area contributed by atoms with E-state index in [0.29, 0.717) is 11.3 Å².